The summed E-state index contributed by atoms with van der Waals surface area (Å²) in [5.41, 5.74) is -0.896. The Hall–Kier alpha value is -2.55. The SMILES string of the molecule is C[C@H](NC(=O)CCC(=O)OCC(=O)[C@]1(O)CC[C@@H]2[C@H]3CCC4=CC(=O)CC[C@]4(C)[C@@H]3CC[C@@]21C)C(=O)O. The minimum atomic E-state index is -1.57. The Labute approximate surface area is 217 Å². The fourth-order valence-corrected chi connectivity index (χ4v) is 7.96. The minimum absolute atomic E-state index is 0.00690. The van der Waals surface area contributed by atoms with E-state index in [4.69, 9.17) is 9.84 Å². The Bertz CT molecular complexity index is 1040. The number of aliphatic carboxylic acids is 1. The Morgan fingerprint density at radius 1 is 1.05 bits per heavy atom. The number of ketones is 2. The predicted molar refractivity (Wildman–Crippen MR) is 132 cm³/mol. The maximum absolute atomic E-state index is 13.3. The third-order valence-corrected chi connectivity index (χ3v) is 10.2. The number of esters is 1. The molecule has 0 radical (unpaired) electrons. The molecule has 0 aliphatic heterocycles. The van der Waals surface area contributed by atoms with Crippen molar-refractivity contribution in [3.05, 3.63) is 11.6 Å². The number of carbonyl (C=O) groups is 5. The smallest absolute Gasteiger partial charge is 0.325 e. The van der Waals surface area contributed by atoms with Crippen LogP contribution >= 0.6 is 0 Å². The van der Waals surface area contributed by atoms with Gasteiger partial charge in [0.05, 0.1) is 6.42 Å². The van der Waals surface area contributed by atoms with Crippen LogP contribution in [0.4, 0.5) is 0 Å². The van der Waals surface area contributed by atoms with Crippen LogP contribution in [0, 0.1) is 28.6 Å². The van der Waals surface area contributed by atoms with Gasteiger partial charge in [-0.15, -0.1) is 0 Å². The highest BCUT2D eigenvalue weighted by atomic mass is 16.5. The number of Topliss-reactive ketones (excluding diaryl/α,β-unsaturated/α-hetero) is 1. The van der Waals surface area contributed by atoms with E-state index in [2.05, 4.69) is 12.2 Å². The molecule has 0 unspecified atom stereocenters. The number of hydrogen-bond donors (Lipinski definition) is 3. The topological polar surface area (TPSA) is 147 Å². The second-order valence-corrected chi connectivity index (χ2v) is 12.0. The number of rotatable bonds is 8. The third kappa shape index (κ3) is 4.75. The molecule has 9 nitrogen and oxygen atoms in total. The number of carboxylic acids is 1. The zero-order chi connectivity index (χ0) is 27.2. The van der Waals surface area contributed by atoms with Crippen molar-refractivity contribution in [1.82, 2.24) is 5.32 Å². The highest BCUT2D eigenvalue weighted by Crippen LogP contribution is 2.67. The van der Waals surface area contributed by atoms with Crippen LogP contribution in [-0.4, -0.2) is 57.9 Å². The summed E-state index contributed by atoms with van der Waals surface area (Å²) in [6.07, 6.45) is 7.29. The van der Waals surface area contributed by atoms with E-state index in [1.54, 1.807) is 0 Å². The van der Waals surface area contributed by atoms with Crippen molar-refractivity contribution in [2.45, 2.75) is 96.6 Å². The lowest BCUT2D eigenvalue weighted by molar-refractivity contribution is -0.170. The molecule has 0 saturated heterocycles. The quantitative estimate of drug-likeness (QED) is 0.417. The van der Waals surface area contributed by atoms with Crippen molar-refractivity contribution < 1.29 is 38.9 Å². The average molecular weight is 518 g/mol. The van der Waals surface area contributed by atoms with E-state index in [9.17, 15) is 29.1 Å². The van der Waals surface area contributed by atoms with Crippen LogP contribution in [0.1, 0.15) is 85.0 Å². The van der Waals surface area contributed by atoms with Gasteiger partial charge in [0.1, 0.15) is 11.6 Å². The molecule has 4 aliphatic carbocycles. The van der Waals surface area contributed by atoms with Crippen molar-refractivity contribution >= 4 is 29.4 Å². The normalized spacial score (nSPS) is 37.4. The van der Waals surface area contributed by atoms with Crippen LogP contribution in [0.5, 0.6) is 0 Å². The molecule has 0 bridgehead atoms. The van der Waals surface area contributed by atoms with E-state index < -0.39 is 47.3 Å². The number of ether oxygens (including phenoxy) is 1. The highest BCUT2D eigenvalue weighted by molar-refractivity contribution is 5.92. The first-order valence-electron chi connectivity index (χ1n) is 13.5. The molecule has 7 atom stereocenters. The van der Waals surface area contributed by atoms with Gasteiger partial charge in [-0.1, -0.05) is 19.4 Å². The van der Waals surface area contributed by atoms with Gasteiger partial charge in [-0.2, -0.15) is 0 Å². The van der Waals surface area contributed by atoms with Crippen molar-refractivity contribution in [1.29, 1.82) is 0 Å². The summed E-state index contributed by atoms with van der Waals surface area (Å²) in [6.45, 7) is 5.07. The second kappa shape index (κ2) is 9.97. The van der Waals surface area contributed by atoms with Crippen LogP contribution in [0.2, 0.25) is 0 Å². The van der Waals surface area contributed by atoms with Gasteiger partial charge in [0.25, 0.3) is 0 Å². The van der Waals surface area contributed by atoms with Crippen LogP contribution in [0.25, 0.3) is 0 Å². The van der Waals surface area contributed by atoms with Gasteiger partial charge >= 0.3 is 11.9 Å². The molecule has 3 N–H and O–H groups in total. The third-order valence-electron chi connectivity index (χ3n) is 10.2. The van der Waals surface area contributed by atoms with Gasteiger partial charge < -0.3 is 20.3 Å². The molecule has 0 aromatic carbocycles. The Kier molecular flexibility index (Phi) is 7.40. The molecule has 3 fully saturated rings. The largest absolute Gasteiger partial charge is 0.480 e. The van der Waals surface area contributed by atoms with Gasteiger partial charge in [0, 0.05) is 18.3 Å². The second-order valence-electron chi connectivity index (χ2n) is 12.0. The number of amides is 1. The first-order chi connectivity index (χ1) is 17.3. The number of carbonyl (C=O) groups excluding carboxylic acids is 4. The molecule has 0 heterocycles. The number of carboxylic acid groups (broad SMARTS) is 1. The lowest BCUT2D eigenvalue weighted by atomic mass is 9.46. The lowest BCUT2D eigenvalue weighted by Gasteiger charge is -2.58. The zero-order valence-corrected chi connectivity index (χ0v) is 22.0. The van der Waals surface area contributed by atoms with Gasteiger partial charge in [-0.3, -0.25) is 24.0 Å². The molecule has 4 aliphatic rings. The van der Waals surface area contributed by atoms with E-state index >= 15 is 0 Å². The molecule has 204 valence electrons. The fourth-order valence-electron chi connectivity index (χ4n) is 7.96. The Morgan fingerprint density at radius 2 is 1.76 bits per heavy atom. The summed E-state index contributed by atoms with van der Waals surface area (Å²) in [6, 6.07) is -1.07. The molecule has 0 aromatic heterocycles. The van der Waals surface area contributed by atoms with Crippen molar-refractivity contribution in [2.24, 2.45) is 28.6 Å². The van der Waals surface area contributed by atoms with Gasteiger partial charge in [-0.25, -0.2) is 0 Å². The van der Waals surface area contributed by atoms with Crippen molar-refractivity contribution in [2.75, 3.05) is 6.61 Å². The Morgan fingerprint density at radius 3 is 2.46 bits per heavy atom. The summed E-state index contributed by atoms with van der Waals surface area (Å²) >= 11 is 0. The fraction of sp³-hybridized carbons (Fsp3) is 0.750. The lowest BCUT2D eigenvalue weighted by Crippen LogP contribution is -2.58. The molecular formula is C28H39NO8. The molecule has 4 rings (SSSR count). The van der Waals surface area contributed by atoms with Crippen LogP contribution in [0.3, 0.4) is 0 Å². The van der Waals surface area contributed by atoms with Crippen LogP contribution < -0.4 is 5.32 Å². The molecule has 1 amide bonds. The molecule has 9 heteroatoms. The summed E-state index contributed by atoms with van der Waals surface area (Å²) in [4.78, 5) is 60.1. The Balaban J connectivity index is 1.36. The first kappa shape index (κ1) is 27.5. The summed E-state index contributed by atoms with van der Waals surface area (Å²) in [5, 5.41) is 22.8. The number of aliphatic hydroxyl groups is 1. The molecule has 37 heavy (non-hydrogen) atoms. The number of fused-ring (bicyclic) bond motifs is 5. The van der Waals surface area contributed by atoms with E-state index in [-0.39, 0.29) is 30.0 Å². The van der Waals surface area contributed by atoms with E-state index in [1.165, 1.54) is 12.5 Å². The summed E-state index contributed by atoms with van der Waals surface area (Å²) < 4.78 is 5.13. The predicted octanol–water partition coefficient (Wildman–Crippen LogP) is 2.73. The molecule has 0 spiro atoms. The zero-order valence-electron chi connectivity index (χ0n) is 22.0. The molecule has 0 aromatic rings. The van der Waals surface area contributed by atoms with E-state index in [0.717, 1.165) is 32.1 Å². The van der Waals surface area contributed by atoms with Crippen LogP contribution in [-0.2, 0) is 28.7 Å². The van der Waals surface area contributed by atoms with Crippen molar-refractivity contribution in [3.8, 4) is 0 Å². The van der Waals surface area contributed by atoms with Gasteiger partial charge in [-0.05, 0) is 81.1 Å². The maximum atomic E-state index is 13.3. The van der Waals surface area contributed by atoms with E-state index in [1.807, 2.05) is 13.0 Å². The van der Waals surface area contributed by atoms with Gasteiger partial charge in [0.2, 0.25) is 11.7 Å². The number of allylic oxidation sites excluding steroid dienone is 1. The monoisotopic (exact) mass is 517 g/mol. The maximum Gasteiger partial charge on any atom is 0.325 e. The molecular weight excluding hydrogens is 478 g/mol. The van der Waals surface area contributed by atoms with Crippen LogP contribution in [0.15, 0.2) is 11.6 Å². The number of nitrogens with one attached hydrogen (secondary N) is 1. The van der Waals surface area contributed by atoms with E-state index in [0.29, 0.717) is 31.1 Å². The standard InChI is InChI=1S/C28H39NO8/c1-16(25(34)35)29-23(32)6-7-24(33)37-15-22(31)28(36)13-10-21-19-5-4-17-14-18(30)8-11-26(17,2)20(19)9-12-27(21,28)3/h14,16,19-21,36H,4-13,15H2,1-3H3,(H,29,32)(H,34,35)/t16-,19-,20+,21+,26-,27-,28+/m0/s1. The highest BCUT2D eigenvalue weighted by Gasteiger charge is 2.66. The average Bonchev–Trinajstić information content (AvgIpc) is 3.13. The summed E-state index contributed by atoms with van der Waals surface area (Å²) in [5.74, 6) is -1.80. The van der Waals surface area contributed by atoms with Crippen molar-refractivity contribution in [3.63, 3.8) is 0 Å². The summed E-state index contributed by atoms with van der Waals surface area (Å²) in [7, 11) is 0. The first-order valence-corrected chi connectivity index (χ1v) is 13.5. The van der Waals surface area contributed by atoms with Gasteiger partial charge in [0.15, 0.2) is 12.4 Å². The minimum Gasteiger partial charge on any atom is -0.480 e. The molecule has 3 saturated carbocycles. The number of hydrogen-bond acceptors (Lipinski definition) is 7.